The Morgan fingerprint density at radius 3 is 2.60 bits per heavy atom. The van der Waals surface area contributed by atoms with Gasteiger partial charge in [0.2, 0.25) is 10.0 Å². The zero-order valence-corrected chi connectivity index (χ0v) is 14.0. The van der Waals surface area contributed by atoms with Crippen LogP contribution in [0, 0.1) is 0 Å². The van der Waals surface area contributed by atoms with Gasteiger partial charge >= 0.3 is 0 Å². The van der Waals surface area contributed by atoms with Crippen LogP contribution in [0.25, 0.3) is 0 Å². The van der Waals surface area contributed by atoms with E-state index in [2.05, 4.69) is 10.3 Å². The van der Waals surface area contributed by atoms with E-state index in [1.807, 2.05) is 0 Å². The first-order chi connectivity index (χ1) is 11.9. The summed E-state index contributed by atoms with van der Waals surface area (Å²) in [6.45, 7) is 0.897. The van der Waals surface area contributed by atoms with E-state index >= 15 is 0 Å². The van der Waals surface area contributed by atoms with Crippen molar-refractivity contribution in [3.8, 4) is 5.75 Å². The second kappa shape index (κ2) is 6.69. The molecule has 2 heterocycles. The summed E-state index contributed by atoms with van der Waals surface area (Å²) in [7, 11) is -3.68. The van der Waals surface area contributed by atoms with E-state index in [1.54, 1.807) is 0 Å². The second-order valence-electron chi connectivity index (χ2n) is 5.66. The molecule has 1 saturated heterocycles. The summed E-state index contributed by atoms with van der Waals surface area (Å²) in [4.78, 5) is 26.2. The molecule has 0 radical (unpaired) electrons. The third kappa shape index (κ3) is 3.42. The lowest BCUT2D eigenvalue weighted by Crippen LogP contribution is -2.28. The molecule has 8 nitrogen and oxygen atoms in total. The minimum Gasteiger partial charge on any atom is -0.506 e. The predicted octanol–water partition coefficient (Wildman–Crippen LogP) is 1.12. The summed E-state index contributed by atoms with van der Waals surface area (Å²) in [6, 6.07) is 6.50. The smallest absolute Gasteiger partial charge is 0.261 e. The van der Waals surface area contributed by atoms with Crippen LogP contribution < -0.4 is 10.9 Å². The molecule has 25 heavy (non-hydrogen) atoms. The van der Waals surface area contributed by atoms with Gasteiger partial charge in [-0.05, 0) is 43.2 Å². The molecule has 1 aromatic carbocycles. The molecule has 2 aromatic rings. The number of rotatable bonds is 4. The number of anilines is 1. The second-order valence-corrected chi connectivity index (χ2v) is 7.60. The van der Waals surface area contributed by atoms with Crippen LogP contribution in [0.15, 0.2) is 46.2 Å². The topological polar surface area (TPSA) is 120 Å². The number of amides is 1. The van der Waals surface area contributed by atoms with E-state index in [4.69, 9.17) is 0 Å². The molecule has 0 bridgehead atoms. The summed E-state index contributed by atoms with van der Waals surface area (Å²) < 4.78 is 26.5. The van der Waals surface area contributed by atoms with E-state index in [0.29, 0.717) is 13.1 Å². The third-order valence-corrected chi connectivity index (χ3v) is 5.88. The predicted molar refractivity (Wildman–Crippen MR) is 91.1 cm³/mol. The number of hydrogen-bond donors (Lipinski definition) is 3. The maximum Gasteiger partial charge on any atom is 0.261 e. The van der Waals surface area contributed by atoms with Crippen molar-refractivity contribution in [2.24, 2.45) is 0 Å². The Hall–Kier alpha value is -2.65. The van der Waals surface area contributed by atoms with Gasteiger partial charge in [-0.2, -0.15) is 4.31 Å². The molecule has 0 atom stereocenters. The number of pyridine rings is 1. The number of phenolic OH excluding ortho intramolecular Hbond substituents is 1. The molecule has 9 heteroatoms. The molecule has 0 aliphatic carbocycles. The molecule has 3 rings (SSSR count). The summed E-state index contributed by atoms with van der Waals surface area (Å²) in [6.07, 6.45) is 3.00. The monoisotopic (exact) mass is 363 g/mol. The van der Waals surface area contributed by atoms with Crippen molar-refractivity contribution >= 4 is 21.6 Å². The van der Waals surface area contributed by atoms with Gasteiger partial charge in [0.15, 0.2) is 0 Å². The number of nitrogens with zero attached hydrogens (tertiary/aromatic N) is 1. The molecule has 3 N–H and O–H groups in total. The summed E-state index contributed by atoms with van der Waals surface area (Å²) in [5.41, 5.74) is -0.802. The Morgan fingerprint density at radius 1 is 1.20 bits per heavy atom. The van der Waals surface area contributed by atoms with Crippen LogP contribution in [0.1, 0.15) is 23.2 Å². The molecule has 1 amide bonds. The number of nitrogens with one attached hydrogen (secondary N) is 2. The molecule has 0 unspecified atom stereocenters. The summed E-state index contributed by atoms with van der Waals surface area (Å²) >= 11 is 0. The normalized spacial score (nSPS) is 15.2. The fourth-order valence-corrected chi connectivity index (χ4v) is 4.19. The molecular weight excluding hydrogens is 346 g/mol. The van der Waals surface area contributed by atoms with Gasteiger partial charge in [-0.1, -0.05) is 0 Å². The zero-order valence-electron chi connectivity index (χ0n) is 13.2. The van der Waals surface area contributed by atoms with Gasteiger partial charge in [0.25, 0.3) is 11.5 Å². The molecular formula is C16H17N3O5S. The first-order valence-electron chi connectivity index (χ1n) is 7.72. The highest BCUT2D eigenvalue weighted by Gasteiger charge is 2.28. The van der Waals surface area contributed by atoms with E-state index < -0.39 is 21.5 Å². The fourth-order valence-electron chi connectivity index (χ4n) is 2.64. The lowest BCUT2D eigenvalue weighted by molar-refractivity contribution is 0.102. The van der Waals surface area contributed by atoms with Crippen molar-refractivity contribution in [3.05, 3.63) is 52.4 Å². The average Bonchev–Trinajstić information content (AvgIpc) is 3.12. The van der Waals surface area contributed by atoms with Crippen molar-refractivity contribution in [2.45, 2.75) is 17.7 Å². The van der Waals surface area contributed by atoms with Crippen LogP contribution in [-0.2, 0) is 10.0 Å². The molecule has 1 aromatic heterocycles. The highest BCUT2D eigenvalue weighted by Crippen LogP contribution is 2.29. The van der Waals surface area contributed by atoms with Crippen molar-refractivity contribution in [1.82, 2.24) is 9.29 Å². The Balaban J connectivity index is 1.91. The van der Waals surface area contributed by atoms with Crippen LogP contribution in [0.2, 0.25) is 0 Å². The summed E-state index contributed by atoms with van der Waals surface area (Å²) in [5, 5.41) is 12.3. The minimum atomic E-state index is -3.68. The number of sulfonamides is 1. The van der Waals surface area contributed by atoms with Gasteiger partial charge in [-0.3, -0.25) is 9.59 Å². The quantitative estimate of drug-likeness (QED) is 0.703. The Bertz CT molecular complexity index is 962. The standard InChI is InChI=1S/C16H17N3O5S/c20-14-6-5-11(25(23,24)19-8-1-2-9-19)10-13(14)18-16(22)12-4-3-7-17-15(12)21/h3-7,10,20H,1-2,8-9H2,(H,17,21)(H,18,22). The van der Waals surface area contributed by atoms with E-state index in [-0.39, 0.29) is 21.9 Å². The molecule has 132 valence electrons. The number of benzene rings is 1. The number of aromatic amines is 1. The molecule has 1 fully saturated rings. The first-order valence-corrected chi connectivity index (χ1v) is 9.16. The van der Waals surface area contributed by atoms with Gasteiger partial charge in [-0.25, -0.2) is 8.42 Å². The van der Waals surface area contributed by atoms with E-state index in [1.165, 1.54) is 40.8 Å². The van der Waals surface area contributed by atoms with Gasteiger partial charge in [0.1, 0.15) is 11.3 Å². The highest BCUT2D eigenvalue weighted by atomic mass is 32.2. The SMILES string of the molecule is O=C(Nc1cc(S(=O)(=O)N2CCCC2)ccc1O)c1ccc[nH]c1=O. The van der Waals surface area contributed by atoms with Crippen LogP contribution in [0.3, 0.4) is 0 Å². The number of carbonyl (C=O) groups excluding carboxylic acids is 1. The van der Waals surface area contributed by atoms with Crippen molar-refractivity contribution in [3.63, 3.8) is 0 Å². The molecule has 0 spiro atoms. The van der Waals surface area contributed by atoms with Gasteiger partial charge < -0.3 is 15.4 Å². The van der Waals surface area contributed by atoms with Crippen molar-refractivity contribution < 1.29 is 18.3 Å². The van der Waals surface area contributed by atoms with Gasteiger partial charge in [0.05, 0.1) is 10.6 Å². The fraction of sp³-hybridized carbons (Fsp3) is 0.250. The van der Waals surface area contributed by atoms with Gasteiger partial charge in [-0.15, -0.1) is 0 Å². The molecule has 1 aliphatic rings. The molecule has 1 aliphatic heterocycles. The maximum atomic E-state index is 12.6. The van der Waals surface area contributed by atoms with Crippen LogP contribution in [0.4, 0.5) is 5.69 Å². The Morgan fingerprint density at radius 2 is 1.92 bits per heavy atom. The number of phenols is 1. The first kappa shape index (κ1) is 17.2. The average molecular weight is 363 g/mol. The lowest BCUT2D eigenvalue weighted by Gasteiger charge is -2.16. The Labute approximate surface area is 144 Å². The highest BCUT2D eigenvalue weighted by molar-refractivity contribution is 7.89. The largest absolute Gasteiger partial charge is 0.506 e. The number of carbonyl (C=O) groups is 1. The number of aromatic nitrogens is 1. The van der Waals surface area contributed by atoms with Crippen molar-refractivity contribution in [2.75, 3.05) is 18.4 Å². The number of aromatic hydroxyl groups is 1. The number of hydrogen-bond acceptors (Lipinski definition) is 5. The zero-order chi connectivity index (χ0) is 18.0. The maximum absolute atomic E-state index is 12.6. The van der Waals surface area contributed by atoms with Gasteiger partial charge in [0, 0.05) is 19.3 Å². The van der Waals surface area contributed by atoms with E-state index in [0.717, 1.165) is 12.8 Å². The van der Waals surface area contributed by atoms with Crippen molar-refractivity contribution in [1.29, 1.82) is 0 Å². The van der Waals surface area contributed by atoms with Crippen LogP contribution in [-0.4, -0.2) is 41.8 Å². The van der Waals surface area contributed by atoms with E-state index in [9.17, 15) is 23.1 Å². The molecule has 0 saturated carbocycles. The minimum absolute atomic E-state index is 0.0236. The Kier molecular flexibility index (Phi) is 4.60. The number of H-pyrrole nitrogens is 1. The van der Waals surface area contributed by atoms with Crippen LogP contribution >= 0.6 is 0 Å². The third-order valence-electron chi connectivity index (χ3n) is 3.98. The van der Waals surface area contributed by atoms with Crippen LogP contribution in [0.5, 0.6) is 5.75 Å². The summed E-state index contributed by atoms with van der Waals surface area (Å²) in [5.74, 6) is -1.03. The lowest BCUT2D eigenvalue weighted by atomic mass is 10.2.